The summed E-state index contributed by atoms with van der Waals surface area (Å²) in [5, 5.41) is 15.0. The van der Waals surface area contributed by atoms with Crippen LogP contribution in [-0.2, 0) is 0 Å². The maximum atomic E-state index is 12.0. The number of hydrogen-bond acceptors (Lipinski definition) is 4. The largest absolute Gasteiger partial charge is 0.393 e. The number of aromatic nitrogens is 1. The summed E-state index contributed by atoms with van der Waals surface area (Å²) in [6, 6.07) is 3.67. The van der Waals surface area contributed by atoms with Crippen LogP contribution in [0.2, 0.25) is 0 Å². The third-order valence-corrected chi connectivity index (χ3v) is 2.33. The summed E-state index contributed by atoms with van der Waals surface area (Å²) in [5.41, 5.74) is 0.525. The zero-order valence-corrected chi connectivity index (χ0v) is 11.1. The van der Waals surface area contributed by atoms with Gasteiger partial charge in [0.15, 0.2) is 0 Å². The van der Waals surface area contributed by atoms with Crippen LogP contribution < -0.4 is 10.6 Å². The van der Waals surface area contributed by atoms with Crippen molar-refractivity contribution >= 4 is 11.7 Å². The molecule has 0 saturated carbocycles. The number of nitrogens with zero attached hydrogens (tertiary/aromatic N) is 1. The quantitative estimate of drug-likeness (QED) is 0.714. The molecular formula is C13H21N3O2. The fraction of sp³-hybridized carbons (Fsp3) is 0.538. The van der Waals surface area contributed by atoms with Crippen LogP contribution in [0, 0.1) is 0 Å². The second-order valence-corrected chi connectivity index (χ2v) is 4.59. The molecule has 0 bridgehead atoms. The second kappa shape index (κ2) is 6.96. The molecule has 0 aliphatic carbocycles. The lowest BCUT2D eigenvalue weighted by atomic mass is 10.2. The number of carbonyl (C=O) groups is 1. The lowest BCUT2D eigenvalue weighted by Gasteiger charge is -2.13. The van der Waals surface area contributed by atoms with E-state index < -0.39 is 6.10 Å². The van der Waals surface area contributed by atoms with E-state index in [0.717, 1.165) is 0 Å². The summed E-state index contributed by atoms with van der Waals surface area (Å²) < 4.78 is 0. The highest BCUT2D eigenvalue weighted by Gasteiger charge is 2.12. The van der Waals surface area contributed by atoms with Crippen LogP contribution in [0.3, 0.4) is 0 Å². The van der Waals surface area contributed by atoms with Gasteiger partial charge in [0.1, 0.15) is 5.82 Å². The molecule has 0 aliphatic rings. The minimum Gasteiger partial charge on any atom is -0.393 e. The van der Waals surface area contributed by atoms with E-state index in [0.29, 0.717) is 24.3 Å². The van der Waals surface area contributed by atoms with Crippen molar-refractivity contribution in [2.24, 2.45) is 0 Å². The van der Waals surface area contributed by atoms with Crippen LogP contribution in [0.1, 0.15) is 37.6 Å². The first-order chi connectivity index (χ1) is 8.50. The van der Waals surface area contributed by atoms with Crippen LogP contribution >= 0.6 is 0 Å². The Balaban J connectivity index is 2.66. The summed E-state index contributed by atoms with van der Waals surface area (Å²) >= 11 is 0. The monoisotopic (exact) mass is 251 g/mol. The highest BCUT2D eigenvalue weighted by atomic mass is 16.3. The number of aliphatic hydroxyl groups excluding tert-OH is 1. The number of hydrogen-bond donors (Lipinski definition) is 3. The molecule has 1 unspecified atom stereocenters. The summed E-state index contributed by atoms with van der Waals surface area (Å²) in [7, 11) is 0. The normalized spacial score (nSPS) is 12.3. The minimum absolute atomic E-state index is 0.174. The van der Waals surface area contributed by atoms with E-state index in [1.54, 1.807) is 25.3 Å². The first-order valence-electron chi connectivity index (χ1n) is 6.18. The van der Waals surface area contributed by atoms with Gasteiger partial charge >= 0.3 is 0 Å². The molecule has 0 radical (unpaired) electrons. The SMILES string of the molecule is CC(O)CCNC(=O)c1cccnc1NC(C)C. The molecule has 0 saturated heterocycles. The predicted molar refractivity (Wildman–Crippen MR) is 71.6 cm³/mol. The fourth-order valence-corrected chi connectivity index (χ4v) is 1.47. The molecule has 0 fully saturated rings. The zero-order valence-electron chi connectivity index (χ0n) is 11.1. The Hall–Kier alpha value is -1.62. The van der Waals surface area contributed by atoms with Gasteiger partial charge in [-0.3, -0.25) is 4.79 Å². The van der Waals surface area contributed by atoms with Gasteiger partial charge in [-0.15, -0.1) is 0 Å². The van der Waals surface area contributed by atoms with Gasteiger partial charge in [-0.05, 0) is 39.3 Å². The van der Waals surface area contributed by atoms with E-state index in [2.05, 4.69) is 15.6 Å². The average molecular weight is 251 g/mol. The van der Waals surface area contributed by atoms with Crippen molar-refractivity contribution in [2.75, 3.05) is 11.9 Å². The molecule has 1 aromatic heterocycles. The smallest absolute Gasteiger partial charge is 0.255 e. The van der Waals surface area contributed by atoms with Gasteiger partial charge in [-0.25, -0.2) is 4.98 Å². The van der Waals surface area contributed by atoms with E-state index in [4.69, 9.17) is 5.11 Å². The standard InChI is InChI=1S/C13H21N3O2/c1-9(2)16-12-11(5-4-7-14-12)13(18)15-8-6-10(3)17/h4-5,7,9-10,17H,6,8H2,1-3H3,(H,14,16)(H,15,18). The van der Waals surface area contributed by atoms with E-state index >= 15 is 0 Å². The van der Waals surface area contributed by atoms with Gasteiger partial charge in [0.05, 0.1) is 11.7 Å². The fourth-order valence-electron chi connectivity index (χ4n) is 1.47. The van der Waals surface area contributed by atoms with E-state index in [1.165, 1.54) is 0 Å². The molecule has 1 atom stereocenters. The maximum absolute atomic E-state index is 12.0. The molecule has 5 heteroatoms. The Morgan fingerprint density at radius 3 is 2.78 bits per heavy atom. The molecular weight excluding hydrogens is 230 g/mol. The molecule has 1 heterocycles. The van der Waals surface area contributed by atoms with E-state index in [1.807, 2.05) is 13.8 Å². The van der Waals surface area contributed by atoms with Crippen molar-refractivity contribution in [3.8, 4) is 0 Å². The molecule has 0 aliphatic heterocycles. The Morgan fingerprint density at radius 2 is 2.17 bits per heavy atom. The van der Waals surface area contributed by atoms with Crippen molar-refractivity contribution in [1.29, 1.82) is 0 Å². The number of carbonyl (C=O) groups excluding carboxylic acids is 1. The Bertz CT molecular complexity index is 392. The molecule has 1 aromatic rings. The third kappa shape index (κ3) is 4.71. The molecule has 100 valence electrons. The van der Waals surface area contributed by atoms with Crippen LogP contribution in [0.4, 0.5) is 5.82 Å². The molecule has 0 spiro atoms. The molecule has 0 aromatic carbocycles. The van der Waals surface area contributed by atoms with Crippen molar-refractivity contribution in [2.45, 2.75) is 39.3 Å². The van der Waals surface area contributed by atoms with Gasteiger partial charge in [-0.2, -0.15) is 0 Å². The van der Waals surface area contributed by atoms with Crippen molar-refractivity contribution < 1.29 is 9.90 Å². The maximum Gasteiger partial charge on any atom is 0.255 e. The minimum atomic E-state index is -0.410. The van der Waals surface area contributed by atoms with Crippen LogP contribution in [0.15, 0.2) is 18.3 Å². The highest BCUT2D eigenvalue weighted by molar-refractivity contribution is 5.98. The number of anilines is 1. The predicted octanol–water partition coefficient (Wildman–Crippen LogP) is 1.40. The first-order valence-corrected chi connectivity index (χ1v) is 6.18. The van der Waals surface area contributed by atoms with E-state index in [9.17, 15) is 4.79 Å². The Labute approximate surface area is 108 Å². The van der Waals surface area contributed by atoms with E-state index in [-0.39, 0.29) is 11.9 Å². The average Bonchev–Trinajstić information content (AvgIpc) is 2.28. The number of rotatable bonds is 6. The summed E-state index contributed by atoms with van der Waals surface area (Å²) in [6.45, 7) is 6.13. The van der Waals surface area contributed by atoms with Gasteiger partial charge in [0, 0.05) is 18.8 Å². The lowest BCUT2D eigenvalue weighted by molar-refractivity contribution is 0.0946. The number of nitrogens with one attached hydrogen (secondary N) is 2. The molecule has 1 amide bonds. The van der Waals surface area contributed by atoms with Crippen LogP contribution in [0.5, 0.6) is 0 Å². The van der Waals surface area contributed by atoms with Crippen LogP contribution in [-0.4, -0.2) is 34.7 Å². The van der Waals surface area contributed by atoms with Crippen molar-refractivity contribution in [3.05, 3.63) is 23.9 Å². The Kier molecular flexibility index (Phi) is 5.58. The molecule has 3 N–H and O–H groups in total. The van der Waals surface area contributed by atoms with Gasteiger partial charge in [0.2, 0.25) is 0 Å². The summed E-state index contributed by atoms with van der Waals surface area (Å²) in [5.74, 6) is 0.411. The number of aliphatic hydroxyl groups is 1. The topological polar surface area (TPSA) is 74.2 Å². The summed E-state index contributed by atoms with van der Waals surface area (Å²) in [4.78, 5) is 16.1. The second-order valence-electron chi connectivity index (χ2n) is 4.59. The number of amides is 1. The molecule has 18 heavy (non-hydrogen) atoms. The highest BCUT2D eigenvalue weighted by Crippen LogP contribution is 2.12. The third-order valence-electron chi connectivity index (χ3n) is 2.33. The summed E-state index contributed by atoms with van der Waals surface area (Å²) in [6.07, 6.45) is 1.78. The van der Waals surface area contributed by atoms with Crippen molar-refractivity contribution in [3.63, 3.8) is 0 Å². The zero-order chi connectivity index (χ0) is 13.5. The van der Waals surface area contributed by atoms with Gasteiger partial charge in [0.25, 0.3) is 5.91 Å². The number of pyridine rings is 1. The lowest BCUT2D eigenvalue weighted by Crippen LogP contribution is -2.28. The molecule has 5 nitrogen and oxygen atoms in total. The Morgan fingerprint density at radius 1 is 1.44 bits per heavy atom. The van der Waals surface area contributed by atoms with Gasteiger partial charge < -0.3 is 15.7 Å². The van der Waals surface area contributed by atoms with Gasteiger partial charge in [-0.1, -0.05) is 0 Å². The first kappa shape index (κ1) is 14.4. The molecule has 1 rings (SSSR count). The van der Waals surface area contributed by atoms with Crippen molar-refractivity contribution in [1.82, 2.24) is 10.3 Å². The van der Waals surface area contributed by atoms with Crippen LogP contribution in [0.25, 0.3) is 0 Å².